The van der Waals surface area contributed by atoms with Crippen LogP contribution in [0, 0.1) is 0 Å². The highest BCUT2D eigenvalue weighted by molar-refractivity contribution is 5.95. The van der Waals surface area contributed by atoms with E-state index in [1.54, 1.807) is 36.9 Å². The lowest BCUT2D eigenvalue weighted by molar-refractivity contribution is 0.0928. The van der Waals surface area contributed by atoms with Crippen molar-refractivity contribution in [2.75, 3.05) is 11.9 Å². The highest BCUT2D eigenvalue weighted by atomic mass is 16.2. The van der Waals surface area contributed by atoms with Gasteiger partial charge in [0, 0.05) is 36.9 Å². The summed E-state index contributed by atoms with van der Waals surface area (Å²) in [5.41, 5.74) is 3.25. The van der Waals surface area contributed by atoms with Crippen molar-refractivity contribution in [2.45, 2.75) is 26.3 Å². The Kier molecular flexibility index (Phi) is 6.53. The fraction of sp³-hybridized carbons (Fsp3) is 0.217. The molecule has 1 atom stereocenters. The van der Waals surface area contributed by atoms with Crippen molar-refractivity contribution in [3.05, 3.63) is 72.4 Å². The number of rotatable bonds is 7. The van der Waals surface area contributed by atoms with Crippen LogP contribution in [-0.4, -0.2) is 43.0 Å². The first-order valence-electron chi connectivity index (χ1n) is 10.7. The standard InChI is InChI=1S/C23H24N8O2/c1-3-18(15-7-10-24-11-8-15)27-21(32)19-12-17(16-6-5-9-25-14-16)13-20-28-22(30-31(19)20)29-23(33)26-4-2/h5-14,18H,3-4H2,1-2H3,(H,27,32)(H2,26,29,30,33). The number of urea groups is 1. The van der Waals surface area contributed by atoms with Gasteiger partial charge in [0.05, 0.1) is 6.04 Å². The fourth-order valence-electron chi connectivity index (χ4n) is 3.45. The second-order valence-corrected chi connectivity index (χ2v) is 7.28. The largest absolute Gasteiger partial charge is 0.344 e. The molecule has 4 aromatic heterocycles. The normalized spacial score (nSPS) is 11.7. The van der Waals surface area contributed by atoms with Crippen molar-refractivity contribution in [2.24, 2.45) is 0 Å². The van der Waals surface area contributed by atoms with Gasteiger partial charge in [-0.05, 0) is 54.8 Å². The molecule has 3 N–H and O–H groups in total. The Hall–Kier alpha value is -4.34. The van der Waals surface area contributed by atoms with Gasteiger partial charge >= 0.3 is 6.03 Å². The van der Waals surface area contributed by atoms with Crippen LogP contribution < -0.4 is 16.0 Å². The molecule has 3 amide bonds. The van der Waals surface area contributed by atoms with E-state index in [0.717, 1.165) is 16.7 Å². The first-order valence-corrected chi connectivity index (χ1v) is 10.7. The van der Waals surface area contributed by atoms with Gasteiger partial charge in [-0.2, -0.15) is 4.98 Å². The number of aromatic nitrogens is 5. The Bertz CT molecular complexity index is 1260. The number of nitrogens with zero attached hydrogens (tertiary/aromatic N) is 5. The number of carbonyl (C=O) groups is 2. The Morgan fingerprint density at radius 2 is 1.85 bits per heavy atom. The molecule has 0 saturated carbocycles. The third-order valence-corrected chi connectivity index (χ3v) is 5.05. The van der Waals surface area contributed by atoms with Crippen LogP contribution >= 0.6 is 0 Å². The molecule has 0 radical (unpaired) electrons. The lowest BCUT2D eigenvalue weighted by Gasteiger charge is -2.18. The highest BCUT2D eigenvalue weighted by Gasteiger charge is 2.20. The quantitative estimate of drug-likeness (QED) is 0.402. The smallest absolute Gasteiger partial charge is 0.321 e. The lowest BCUT2D eigenvalue weighted by atomic mass is 10.1. The van der Waals surface area contributed by atoms with E-state index in [1.165, 1.54) is 4.52 Å². The number of pyridine rings is 3. The molecule has 10 nitrogen and oxygen atoms in total. The number of nitrogens with one attached hydrogen (secondary N) is 3. The summed E-state index contributed by atoms with van der Waals surface area (Å²) in [5.74, 6) is -0.219. The van der Waals surface area contributed by atoms with Crippen LogP contribution in [-0.2, 0) is 0 Å². The van der Waals surface area contributed by atoms with Crippen molar-refractivity contribution in [1.82, 2.24) is 35.2 Å². The molecule has 0 aliphatic rings. The molecule has 0 aliphatic carbocycles. The van der Waals surface area contributed by atoms with Gasteiger partial charge in [0.2, 0.25) is 0 Å². The molecule has 0 fully saturated rings. The van der Waals surface area contributed by atoms with Gasteiger partial charge < -0.3 is 10.6 Å². The van der Waals surface area contributed by atoms with Gasteiger partial charge in [-0.25, -0.2) is 9.31 Å². The third-order valence-electron chi connectivity index (χ3n) is 5.05. The SMILES string of the molecule is CCNC(=O)Nc1nc2cc(-c3cccnc3)cc(C(=O)NC(CC)c3ccncc3)n2n1. The predicted molar refractivity (Wildman–Crippen MR) is 124 cm³/mol. The zero-order valence-corrected chi connectivity index (χ0v) is 18.3. The van der Waals surface area contributed by atoms with E-state index in [0.29, 0.717) is 18.6 Å². The molecule has 1 unspecified atom stereocenters. The summed E-state index contributed by atoms with van der Waals surface area (Å²) in [6, 6.07) is 10.4. The van der Waals surface area contributed by atoms with E-state index in [4.69, 9.17) is 0 Å². The molecule has 4 heterocycles. The van der Waals surface area contributed by atoms with E-state index >= 15 is 0 Å². The summed E-state index contributed by atoms with van der Waals surface area (Å²) in [6.07, 6.45) is 7.48. The minimum atomic E-state index is -0.421. The molecule has 0 spiro atoms. The average molecular weight is 444 g/mol. The van der Waals surface area contributed by atoms with Gasteiger partial charge in [-0.3, -0.25) is 20.1 Å². The van der Waals surface area contributed by atoms with Crippen LogP contribution in [0.4, 0.5) is 10.7 Å². The van der Waals surface area contributed by atoms with Gasteiger partial charge in [-0.15, -0.1) is 5.10 Å². The Balaban J connectivity index is 1.74. The Morgan fingerprint density at radius 1 is 1.03 bits per heavy atom. The molecule has 168 valence electrons. The maximum Gasteiger partial charge on any atom is 0.321 e. The number of amides is 3. The molecule has 0 bridgehead atoms. The van der Waals surface area contributed by atoms with Crippen LogP contribution in [0.15, 0.2) is 61.2 Å². The minimum absolute atomic E-state index is 0.0968. The molecule has 0 saturated heterocycles. The summed E-state index contributed by atoms with van der Waals surface area (Å²) in [5, 5.41) is 12.6. The van der Waals surface area contributed by atoms with Gasteiger partial charge in [-0.1, -0.05) is 13.0 Å². The second kappa shape index (κ2) is 9.86. The molecule has 0 aliphatic heterocycles. The van der Waals surface area contributed by atoms with E-state index < -0.39 is 6.03 Å². The van der Waals surface area contributed by atoms with Gasteiger partial charge in [0.15, 0.2) is 5.65 Å². The van der Waals surface area contributed by atoms with Crippen molar-refractivity contribution >= 4 is 23.5 Å². The summed E-state index contributed by atoms with van der Waals surface area (Å²) in [6.45, 7) is 4.27. The van der Waals surface area contributed by atoms with E-state index in [1.807, 2.05) is 38.1 Å². The monoisotopic (exact) mass is 444 g/mol. The zero-order valence-electron chi connectivity index (χ0n) is 18.3. The summed E-state index contributed by atoms with van der Waals surface area (Å²) >= 11 is 0. The van der Waals surface area contributed by atoms with Crippen molar-refractivity contribution in [3.63, 3.8) is 0 Å². The summed E-state index contributed by atoms with van der Waals surface area (Å²) in [4.78, 5) is 37.9. The molecular formula is C23H24N8O2. The predicted octanol–water partition coefficient (Wildman–Crippen LogP) is 3.21. The van der Waals surface area contributed by atoms with E-state index in [9.17, 15) is 9.59 Å². The lowest BCUT2D eigenvalue weighted by Crippen LogP contribution is -2.30. The molecular weight excluding hydrogens is 420 g/mol. The third kappa shape index (κ3) is 4.95. The molecule has 0 aromatic carbocycles. The molecule has 4 rings (SSSR count). The highest BCUT2D eigenvalue weighted by Crippen LogP contribution is 2.23. The Labute approximate surface area is 190 Å². The van der Waals surface area contributed by atoms with Crippen LogP contribution in [0.2, 0.25) is 0 Å². The fourth-order valence-corrected chi connectivity index (χ4v) is 3.45. The Morgan fingerprint density at radius 3 is 2.55 bits per heavy atom. The summed E-state index contributed by atoms with van der Waals surface area (Å²) < 4.78 is 1.43. The number of fused-ring (bicyclic) bond motifs is 1. The first kappa shape index (κ1) is 21.9. The number of hydrogen-bond donors (Lipinski definition) is 3. The summed E-state index contributed by atoms with van der Waals surface area (Å²) in [7, 11) is 0. The maximum absolute atomic E-state index is 13.4. The number of carbonyl (C=O) groups excluding carboxylic acids is 2. The number of hydrogen-bond acceptors (Lipinski definition) is 6. The zero-order chi connectivity index (χ0) is 23.2. The first-order chi connectivity index (χ1) is 16.1. The van der Waals surface area contributed by atoms with Gasteiger partial charge in [0.25, 0.3) is 11.9 Å². The van der Waals surface area contributed by atoms with Crippen molar-refractivity contribution < 1.29 is 9.59 Å². The van der Waals surface area contributed by atoms with Gasteiger partial charge in [0.1, 0.15) is 5.69 Å². The molecule has 33 heavy (non-hydrogen) atoms. The molecule has 4 aromatic rings. The van der Waals surface area contributed by atoms with Crippen LogP contribution in [0.25, 0.3) is 16.8 Å². The van der Waals surface area contributed by atoms with Crippen LogP contribution in [0.5, 0.6) is 0 Å². The van der Waals surface area contributed by atoms with Crippen LogP contribution in [0.3, 0.4) is 0 Å². The van der Waals surface area contributed by atoms with E-state index in [-0.39, 0.29) is 23.6 Å². The van der Waals surface area contributed by atoms with Crippen molar-refractivity contribution in [1.29, 1.82) is 0 Å². The van der Waals surface area contributed by atoms with Crippen molar-refractivity contribution in [3.8, 4) is 11.1 Å². The maximum atomic E-state index is 13.4. The van der Waals surface area contributed by atoms with E-state index in [2.05, 4.69) is 36.0 Å². The second-order valence-electron chi connectivity index (χ2n) is 7.28. The molecule has 10 heteroatoms. The minimum Gasteiger partial charge on any atom is -0.344 e. The topological polar surface area (TPSA) is 126 Å². The average Bonchev–Trinajstić information content (AvgIpc) is 3.25. The van der Waals surface area contributed by atoms with Crippen LogP contribution in [0.1, 0.15) is 42.4 Å². The number of anilines is 1.